The second-order valence-corrected chi connectivity index (χ2v) is 7.10. The summed E-state index contributed by atoms with van der Waals surface area (Å²) in [6, 6.07) is 15.4. The number of hydrogen-bond acceptors (Lipinski definition) is 4. The standard InChI is InChI=1S/C24H31NO5/c1-4-18-6-8-19(9-7-18)14-15-25-23(26)17(3)30-21-12-10-20(11-13-21)16-22(24(27)28)29-5-2/h6-13,17,22H,4-5,14-16H2,1-3H3,(H,25,26)(H,27,28)/t17-,22?/m1/s1. The van der Waals surface area contributed by atoms with Gasteiger partial charge in [-0.3, -0.25) is 4.79 Å². The SMILES string of the molecule is CCOC(Cc1ccc(O[C@H](C)C(=O)NCCc2ccc(CC)cc2)cc1)C(=O)O. The molecule has 0 aliphatic heterocycles. The van der Waals surface area contributed by atoms with E-state index in [4.69, 9.17) is 9.47 Å². The zero-order valence-corrected chi connectivity index (χ0v) is 17.9. The summed E-state index contributed by atoms with van der Waals surface area (Å²) in [7, 11) is 0. The van der Waals surface area contributed by atoms with Crippen LogP contribution >= 0.6 is 0 Å². The number of carboxylic acid groups (broad SMARTS) is 1. The largest absolute Gasteiger partial charge is 0.481 e. The molecule has 0 aliphatic carbocycles. The molecule has 2 aromatic carbocycles. The van der Waals surface area contributed by atoms with Crippen LogP contribution in [0.1, 0.15) is 37.5 Å². The molecule has 2 rings (SSSR count). The molecule has 2 atom stereocenters. The average molecular weight is 414 g/mol. The van der Waals surface area contributed by atoms with E-state index in [1.807, 2.05) is 0 Å². The van der Waals surface area contributed by atoms with Crippen molar-refractivity contribution in [2.45, 2.75) is 52.2 Å². The van der Waals surface area contributed by atoms with E-state index >= 15 is 0 Å². The number of aliphatic carboxylic acids is 1. The van der Waals surface area contributed by atoms with Gasteiger partial charge in [0.1, 0.15) is 5.75 Å². The van der Waals surface area contributed by atoms with Gasteiger partial charge in [0.25, 0.3) is 5.91 Å². The lowest BCUT2D eigenvalue weighted by atomic mass is 10.1. The number of carbonyl (C=O) groups is 2. The van der Waals surface area contributed by atoms with E-state index < -0.39 is 18.2 Å². The molecule has 0 radical (unpaired) electrons. The molecule has 6 nitrogen and oxygen atoms in total. The minimum atomic E-state index is -0.983. The molecular formula is C24H31NO5. The summed E-state index contributed by atoms with van der Waals surface area (Å²) in [6.45, 7) is 6.48. The van der Waals surface area contributed by atoms with E-state index in [1.54, 1.807) is 38.1 Å². The van der Waals surface area contributed by atoms with Crippen LogP contribution in [0, 0.1) is 0 Å². The summed E-state index contributed by atoms with van der Waals surface area (Å²) in [5, 5.41) is 12.1. The van der Waals surface area contributed by atoms with Crippen molar-refractivity contribution in [2.24, 2.45) is 0 Å². The molecular weight excluding hydrogens is 382 g/mol. The molecule has 162 valence electrons. The van der Waals surface area contributed by atoms with Crippen LogP contribution in [0.2, 0.25) is 0 Å². The third-order valence-corrected chi connectivity index (χ3v) is 4.81. The van der Waals surface area contributed by atoms with Gasteiger partial charge in [0.2, 0.25) is 0 Å². The van der Waals surface area contributed by atoms with Crippen LogP contribution in [0.5, 0.6) is 5.75 Å². The van der Waals surface area contributed by atoms with Gasteiger partial charge in [0.15, 0.2) is 12.2 Å². The van der Waals surface area contributed by atoms with Crippen LogP contribution in [0.4, 0.5) is 0 Å². The third-order valence-electron chi connectivity index (χ3n) is 4.81. The second kappa shape index (κ2) is 12.0. The topological polar surface area (TPSA) is 84.9 Å². The maximum absolute atomic E-state index is 12.3. The number of carbonyl (C=O) groups excluding carboxylic acids is 1. The molecule has 0 bridgehead atoms. The summed E-state index contributed by atoms with van der Waals surface area (Å²) < 4.78 is 10.9. The number of nitrogens with one attached hydrogen (secondary N) is 1. The van der Waals surface area contributed by atoms with E-state index in [9.17, 15) is 14.7 Å². The number of ether oxygens (including phenoxy) is 2. The highest BCUT2D eigenvalue weighted by molar-refractivity contribution is 5.80. The molecule has 2 aromatic rings. The minimum absolute atomic E-state index is 0.174. The van der Waals surface area contributed by atoms with Crippen LogP contribution in [0.15, 0.2) is 48.5 Å². The highest BCUT2D eigenvalue weighted by Crippen LogP contribution is 2.16. The van der Waals surface area contributed by atoms with Crippen molar-refractivity contribution < 1.29 is 24.2 Å². The van der Waals surface area contributed by atoms with Crippen molar-refractivity contribution in [1.82, 2.24) is 5.32 Å². The Kier molecular flexibility index (Phi) is 9.35. The summed E-state index contributed by atoms with van der Waals surface area (Å²) >= 11 is 0. The zero-order chi connectivity index (χ0) is 21.9. The molecule has 1 amide bonds. The fourth-order valence-electron chi connectivity index (χ4n) is 3.01. The summed E-state index contributed by atoms with van der Waals surface area (Å²) in [5.41, 5.74) is 3.31. The lowest BCUT2D eigenvalue weighted by molar-refractivity contribution is -0.150. The molecule has 0 aliphatic rings. The third kappa shape index (κ3) is 7.52. The maximum atomic E-state index is 12.3. The van der Waals surface area contributed by atoms with E-state index in [-0.39, 0.29) is 12.3 Å². The number of carboxylic acids is 1. The average Bonchev–Trinajstić information content (AvgIpc) is 2.75. The molecule has 0 fully saturated rings. The quantitative estimate of drug-likeness (QED) is 0.557. The summed E-state index contributed by atoms with van der Waals surface area (Å²) in [6.07, 6.45) is 0.554. The van der Waals surface area contributed by atoms with Gasteiger partial charge in [-0.2, -0.15) is 0 Å². The monoisotopic (exact) mass is 413 g/mol. The highest BCUT2D eigenvalue weighted by Gasteiger charge is 2.18. The van der Waals surface area contributed by atoms with Crippen molar-refractivity contribution in [3.63, 3.8) is 0 Å². The predicted molar refractivity (Wildman–Crippen MR) is 116 cm³/mol. The van der Waals surface area contributed by atoms with Crippen molar-refractivity contribution in [2.75, 3.05) is 13.2 Å². The van der Waals surface area contributed by atoms with Crippen molar-refractivity contribution >= 4 is 11.9 Å². The Bertz CT molecular complexity index is 801. The number of amides is 1. The van der Waals surface area contributed by atoms with Crippen molar-refractivity contribution in [3.8, 4) is 5.75 Å². The lowest BCUT2D eigenvalue weighted by Gasteiger charge is -2.16. The van der Waals surface area contributed by atoms with Crippen LogP contribution in [0.25, 0.3) is 0 Å². The fourth-order valence-corrected chi connectivity index (χ4v) is 3.01. The number of benzene rings is 2. The van der Waals surface area contributed by atoms with Gasteiger partial charge >= 0.3 is 5.97 Å². The van der Waals surface area contributed by atoms with Gasteiger partial charge in [-0.1, -0.05) is 43.3 Å². The Morgan fingerprint density at radius 2 is 1.57 bits per heavy atom. The molecule has 0 spiro atoms. The van der Waals surface area contributed by atoms with Gasteiger partial charge in [0.05, 0.1) is 0 Å². The molecule has 0 saturated carbocycles. The number of hydrogen-bond donors (Lipinski definition) is 2. The fraction of sp³-hybridized carbons (Fsp3) is 0.417. The van der Waals surface area contributed by atoms with Crippen molar-refractivity contribution in [3.05, 3.63) is 65.2 Å². The Morgan fingerprint density at radius 3 is 2.13 bits per heavy atom. The first-order chi connectivity index (χ1) is 14.4. The first-order valence-corrected chi connectivity index (χ1v) is 10.4. The molecule has 30 heavy (non-hydrogen) atoms. The Balaban J connectivity index is 1.79. The molecule has 6 heteroatoms. The predicted octanol–water partition coefficient (Wildman–Crippen LogP) is 3.41. The maximum Gasteiger partial charge on any atom is 0.333 e. The Morgan fingerprint density at radius 1 is 0.967 bits per heavy atom. The highest BCUT2D eigenvalue weighted by atomic mass is 16.5. The molecule has 0 saturated heterocycles. The first-order valence-electron chi connectivity index (χ1n) is 10.4. The molecule has 0 aromatic heterocycles. The minimum Gasteiger partial charge on any atom is -0.481 e. The van der Waals surface area contributed by atoms with E-state index in [2.05, 4.69) is 36.5 Å². The molecule has 2 N–H and O–H groups in total. The van der Waals surface area contributed by atoms with Crippen LogP contribution in [-0.2, 0) is 33.6 Å². The van der Waals surface area contributed by atoms with Crippen LogP contribution in [-0.4, -0.2) is 42.3 Å². The Labute approximate surface area is 178 Å². The van der Waals surface area contributed by atoms with Crippen LogP contribution in [0.3, 0.4) is 0 Å². The Hall–Kier alpha value is -2.86. The second-order valence-electron chi connectivity index (χ2n) is 7.10. The molecule has 1 unspecified atom stereocenters. The lowest BCUT2D eigenvalue weighted by Crippen LogP contribution is -2.37. The van der Waals surface area contributed by atoms with E-state index in [0.717, 1.165) is 18.4 Å². The number of aryl methyl sites for hydroxylation is 1. The molecule has 0 heterocycles. The van der Waals surface area contributed by atoms with E-state index in [0.29, 0.717) is 18.9 Å². The van der Waals surface area contributed by atoms with Crippen molar-refractivity contribution in [1.29, 1.82) is 0 Å². The number of rotatable bonds is 12. The first kappa shape index (κ1) is 23.4. The summed E-state index contributed by atoms with van der Waals surface area (Å²) in [5.74, 6) is -0.602. The smallest absolute Gasteiger partial charge is 0.333 e. The van der Waals surface area contributed by atoms with Gasteiger partial charge in [-0.15, -0.1) is 0 Å². The van der Waals surface area contributed by atoms with Gasteiger partial charge in [-0.25, -0.2) is 4.79 Å². The summed E-state index contributed by atoms with van der Waals surface area (Å²) in [4.78, 5) is 23.5. The van der Waals surface area contributed by atoms with Gasteiger partial charge in [-0.05, 0) is 55.5 Å². The van der Waals surface area contributed by atoms with Gasteiger partial charge in [0, 0.05) is 19.6 Å². The zero-order valence-electron chi connectivity index (χ0n) is 17.9. The van der Waals surface area contributed by atoms with Crippen LogP contribution < -0.4 is 10.1 Å². The normalized spacial score (nSPS) is 12.8. The van der Waals surface area contributed by atoms with E-state index in [1.165, 1.54) is 11.1 Å². The van der Waals surface area contributed by atoms with Gasteiger partial charge < -0.3 is 19.9 Å².